The van der Waals surface area contributed by atoms with Crippen molar-refractivity contribution in [3.63, 3.8) is 0 Å². The minimum Gasteiger partial charge on any atom is -0.352 e. The summed E-state index contributed by atoms with van der Waals surface area (Å²) in [5, 5.41) is 2.86. The van der Waals surface area contributed by atoms with Gasteiger partial charge in [-0.05, 0) is 42.9 Å². The fraction of sp³-hybridized carbons (Fsp3) is 0.300. The summed E-state index contributed by atoms with van der Waals surface area (Å²) in [4.78, 5) is 27.9. The average Bonchev–Trinajstić information content (AvgIpc) is 2.84. The smallest absolute Gasteiger partial charge is 0.251 e. The van der Waals surface area contributed by atoms with Crippen LogP contribution in [0.15, 0.2) is 53.4 Å². The van der Waals surface area contributed by atoms with Crippen LogP contribution in [0.3, 0.4) is 0 Å². The Morgan fingerprint density at radius 1 is 1.12 bits per heavy atom. The lowest BCUT2D eigenvalue weighted by Crippen LogP contribution is -2.35. The molecule has 4 nitrogen and oxygen atoms in total. The van der Waals surface area contributed by atoms with Crippen LogP contribution in [0.25, 0.3) is 0 Å². The number of nitrogens with one attached hydrogen (secondary N) is 1. The Kier molecular flexibility index (Phi) is 5.76. The van der Waals surface area contributed by atoms with Crippen molar-refractivity contribution in [2.24, 2.45) is 0 Å². The molecule has 2 aromatic carbocycles. The van der Waals surface area contributed by atoms with E-state index in [1.165, 1.54) is 0 Å². The van der Waals surface area contributed by atoms with Crippen molar-refractivity contribution in [2.75, 3.05) is 23.7 Å². The Balaban J connectivity index is 1.60. The fourth-order valence-corrected chi connectivity index (χ4v) is 3.92. The van der Waals surface area contributed by atoms with Crippen molar-refractivity contribution in [3.05, 3.63) is 59.7 Å². The molecule has 0 spiro atoms. The number of aryl methyl sites for hydroxylation is 1. The molecule has 3 rings (SSSR count). The summed E-state index contributed by atoms with van der Waals surface area (Å²) in [5.41, 5.74) is 2.58. The second kappa shape index (κ2) is 8.21. The van der Waals surface area contributed by atoms with Crippen molar-refractivity contribution in [1.82, 2.24) is 5.32 Å². The first-order valence-corrected chi connectivity index (χ1v) is 9.51. The molecule has 0 atom stereocenters. The van der Waals surface area contributed by atoms with E-state index in [0.717, 1.165) is 34.9 Å². The number of carbonyl (C=O) groups is 2. The number of benzene rings is 2. The van der Waals surface area contributed by atoms with E-state index in [1.54, 1.807) is 17.8 Å². The third kappa shape index (κ3) is 4.23. The maximum atomic E-state index is 12.7. The minimum absolute atomic E-state index is 0.0556. The van der Waals surface area contributed by atoms with E-state index in [-0.39, 0.29) is 11.8 Å². The van der Waals surface area contributed by atoms with Gasteiger partial charge in [-0.15, -0.1) is 11.8 Å². The third-order valence-electron chi connectivity index (χ3n) is 4.25. The molecule has 0 saturated heterocycles. The highest BCUT2D eigenvalue weighted by molar-refractivity contribution is 7.99. The van der Waals surface area contributed by atoms with Crippen molar-refractivity contribution in [3.8, 4) is 0 Å². The second-order valence-corrected chi connectivity index (χ2v) is 7.17. The number of nitrogens with zero attached hydrogens (tertiary/aromatic N) is 1. The molecule has 0 saturated carbocycles. The number of anilines is 1. The monoisotopic (exact) mass is 354 g/mol. The number of rotatable bonds is 4. The minimum atomic E-state index is -0.127. The predicted octanol–water partition coefficient (Wildman–Crippen LogP) is 3.64. The van der Waals surface area contributed by atoms with E-state index in [0.29, 0.717) is 18.5 Å². The fourth-order valence-electron chi connectivity index (χ4n) is 2.93. The van der Waals surface area contributed by atoms with Gasteiger partial charge in [0.15, 0.2) is 0 Å². The molecule has 0 aliphatic carbocycles. The molecule has 1 heterocycles. The molecular weight excluding hydrogens is 332 g/mol. The Morgan fingerprint density at radius 2 is 1.88 bits per heavy atom. The van der Waals surface area contributed by atoms with Crippen LogP contribution in [-0.4, -0.2) is 30.7 Å². The lowest BCUT2D eigenvalue weighted by Gasteiger charge is -2.22. The highest BCUT2D eigenvalue weighted by Crippen LogP contribution is 2.33. The largest absolute Gasteiger partial charge is 0.352 e. The third-order valence-corrected chi connectivity index (χ3v) is 5.40. The van der Waals surface area contributed by atoms with Gasteiger partial charge in [0.25, 0.3) is 5.91 Å². The zero-order valence-corrected chi connectivity index (χ0v) is 15.1. The topological polar surface area (TPSA) is 49.4 Å². The normalized spacial score (nSPS) is 13.7. The maximum Gasteiger partial charge on any atom is 0.251 e. The molecule has 0 unspecified atom stereocenters. The van der Waals surface area contributed by atoms with Gasteiger partial charge in [0, 0.05) is 30.0 Å². The summed E-state index contributed by atoms with van der Waals surface area (Å²) in [5.74, 6) is 0.947. The lowest BCUT2D eigenvalue weighted by molar-refractivity contribution is -0.118. The Labute approximate surface area is 152 Å². The standard InChI is InChI=1S/C20H22N2O2S/c1-15-7-2-3-8-16(15)20(24)21-12-11-19(23)22-13-6-14-25-18-10-5-4-9-17(18)22/h2-5,7-10H,6,11-14H2,1H3,(H,21,24). The Bertz CT molecular complexity index is 776. The van der Waals surface area contributed by atoms with Gasteiger partial charge in [0.2, 0.25) is 5.91 Å². The Morgan fingerprint density at radius 3 is 2.72 bits per heavy atom. The SMILES string of the molecule is Cc1ccccc1C(=O)NCCC(=O)N1CCCSc2ccccc21. The van der Waals surface area contributed by atoms with Crippen LogP contribution >= 0.6 is 11.8 Å². The van der Waals surface area contributed by atoms with Gasteiger partial charge in [0.05, 0.1) is 5.69 Å². The molecule has 130 valence electrons. The summed E-state index contributed by atoms with van der Waals surface area (Å²) >= 11 is 1.79. The van der Waals surface area contributed by atoms with Gasteiger partial charge >= 0.3 is 0 Å². The summed E-state index contributed by atoms with van der Waals surface area (Å²) in [6, 6.07) is 15.5. The van der Waals surface area contributed by atoms with Crippen molar-refractivity contribution >= 4 is 29.3 Å². The summed E-state index contributed by atoms with van der Waals surface area (Å²) in [6.07, 6.45) is 1.28. The molecule has 2 aromatic rings. The van der Waals surface area contributed by atoms with E-state index in [4.69, 9.17) is 0 Å². The molecule has 2 amide bonds. The summed E-state index contributed by atoms with van der Waals surface area (Å²) in [6.45, 7) is 2.98. The van der Waals surface area contributed by atoms with Gasteiger partial charge in [-0.25, -0.2) is 0 Å². The maximum absolute atomic E-state index is 12.7. The molecule has 5 heteroatoms. The average molecular weight is 354 g/mol. The number of hydrogen-bond acceptors (Lipinski definition) is 3. The lowest BCUT2D eigenvalue weighted by atomic mass is 10.1. The summed E-state index contributed by atoms with van der Waals surface area (Å²) < 4.78 is 0. The van der Waals surface area contributed by atoms with Crippen molar-refractivity contribution in [2.45, 2.75) is 24.7 Å². The highest BCUT2D eigenvalue weighted by atomic mass is 32.2. The van der Waals surface area contributed by atoms with Crippen LogP contribution in [0.4, 0.5) is 5.69 Å². The number of thioether (sulfide) groups is 1. The van der Waals surface area contributed by atoms with E-state index >= 15 is 0 Å². The van der Waals surface area contributed by atoms with Gasteiger partial charge < -0.3 is 10.2 Å². The molecule has 0 fully saturated rings. The van der Waals surface area contributed by atoms with Crippen LogP contribution < -0.4 is 10.2 Å². The molecule has 0 aromatic heterocycles. The van der Waals surface area contributed by atoms with Crippen LogP contribution in [-0.2, 0) is 4.79 Å². The molecular formula is C20H22N2O2S. The first-order valence-electron chi connectivity index (χ1n) is 8.53. The molecule has 25 heavy (non-hydrogen) atoms. The molecule has 1 aliphatic rings. The predicted molar refractivity (Wildman–Crippen MR) is 102 cm³/mol. The van der Waals surface area contributed by atoms with E-state index in [1.807, 2.05) is 48.2 Å². The number of carbonyl (C=O) groups excluding carboxylic acids is 2. The first kappa shape index (κ1) is 17.5. The van der Waals surface area contributed by atoms with Crippen LogP contribution in [0, 0.1) is 6.92 Å². The Hall–Kier alpha value is -2.27. The zero-order valence-electron chi connectivity index (χ0n) is 14.3. The number of amides is 2. The number of hydrogen-bond donors (Lipinski definition) is 1. The van der Waals surface area contributed by atoms with Gasteiger partial charge in [0.1, 0.15) is 0 Å². The van der Waals surface area contributed by atoms with Gasteiger partial charge in [-0.3, -0.25) is 9.59 Å². The van der Waals surface area contributed by atoms with Crippen molar-refractivity contribution < 1.29 is 9.59 Å². The van der Waals surface area contributed by atoms with Crippen LogP contribution in [0.2, 0.25) is 0 Å². The number of fused-ring (bicyclic) bond motifs is 1. The molecule has 1 N–H and O–H groups in total. The van der Waals surface area contributed by atoms with Crippen molar-refractivity contribution in [1.29, 1.82) is 0 Å². The van der Waals surface area contributed by atoms with Crippen LogP contribution in [0.5, 0.6) is 0 Å². The molecule has 0 radical (unpaired) electrons. The van der Waals surface area contributed by atoms with Crippen LogP contribution in [0.1, 0.15) is 28.8 Å². The zero-order chi connectivity index (χ0) is 17.6. The van der Waals surface area contributed by atoms with E-state index < -0.39 is 0 Å². The first-order chi connectivity index (χ1) is 12.2. The van der Waals surface area contributed by atoms with Gasteiger partial charge in [-0.1, -0.05) is 30.3 Å². The van der Waals surface area contributed by atoms with E-state index in [9.17, 15) is 9.59 Å². The molecule has 1 aliphatic heterocycles. The number of para-hydroxylation sites is 1. The second-order valence-electron chi connectivity index (χ2n) is 6.04. The summed E-state index contributed by atoms with van der Waals surface area (Å²) in [7, 11) is 0. The molecule has 0 bridgehead atoms. The quantitative estimate of drug-likeness (QED) is 0.912. The van der Waals surface area contributed by atoms with E-state index in [2.05, 4.69) is 11.4 Å². The van der Waals surface area contributed by atoms with Gasteiger partial charge in [-0.2, -0.15) is 0 Å². The highest BCUT2D eigenvalue weighted by Gasteiger charge is 2.21.